The monoisotopic (exact) mass is 374 g/mol. The molecule has 0 N–H and O–H groups in total. The molecule has 0 fully saturated rings. The van der Waals surface area contributed by atoms with E-state index >= 15 is 0 Å². The number of rotatable bonds is 5. The average Bonchev–Trinajstić information content (AvgIpc) is 2.99. The zero-order chi connectivity index (χ0) is 18.9. The van der Waals surface area contributed by atoms with Crippen LogP contribution in [0.25, 0.3) is 5.69 Å². The Morgan fingerprint density at radius 3 is 2.23 bits per heavy atom. The first-order valence-corrected chi connectivity index (χ1v) is 9.54. The van der Waals surface area contributed by atoms with Crippen LogP contribution in [0.4, 0.5) is 4.39 Å². The van der Waals surface area contributed by atoms with Crippen molar-refractivity contribution >= 4 is 10.1 Å². The van der Waals surface area contributed by atoms with Crippen LogP contribution in [0, 0.1) is 12.7 Å². The van der Waals surface area contributed by atoms with Crippen LogP contribution in [0.3, 0.4) is 0 Å². The molecule has 3 aromatic rings. The van der Waals surface area contributed by atoms with Crippen molar-refractivity contribution in [2.45, 2.75) is 31.6 Å². The number of aromatic nitrogens is 2. The summed E-state index contributed by atoms with van der Waals surface area (Å²) in [5.74, 6) is -0.262. The third kappa shape index (κ3) is 3.77. The molecule has 0 aliphatic rings. The smallest absolute Gasteiger partial charge is 0.340 e. The van der Waals surface area contributed by atoms with Crippen molar-refractivity contribution in [3.63, 3.8) is 0 Å². The van der Waals surface area contributed by atoms with E-state index in [-0.39, 0.29) is 22.5 Å². The van der Waals surface area contributed by atoms with Crippen LogP contribution >= 0.6 is 0 Å². The minimum Gasteiger partial charge on any atom is -0.358 e. The second-order valence-electron chi connectivity index (χ2n) is 6.30. The normalized spacial score (nSPS) is 11.7. The van der Waals surface area contributed by atoms with E-state index in [9.17, 15) is 12.8 Å². The number of nitrogens with zero attached hydrogens (tertiary/aromatic N) is 2. The first kappa shape index (κ1) is 18.1. The third-order valence-electron chi connectivity index (χ3n) is 3.86. The maximum atomic E-state index is 13.2. The van der Waals surface area contributed by atoms with E-state index in [1.807, 2.05) is 20.8 Å². The summed E-state index contributed by atoms with van der Waals surface area (Å²) in [4.78, 5) is 0.0565. The molecule has 0 aliphatic carbocycles. The summed E-state index contributed by atoms with van der Waals surface area (Å²) in [5.41, 5.74) is 2.12. The van der Waals surface area contributed by atoms with E-state index in [2.05, 4.69) is 5.10 Å². The second kappa shape index (κ2) is 6.92. The van der Waals surface area contributed by atoms with E-state index in [4.69, 9.17) is 4.18 Å². The quantitative estimate of drug-likeness (QED) is 0.628. The summed E-state index contributed by atoms with van der Waals surface area (Å²) in [6.45, 7) is 5.75. The summed E-state index contributed by atoms with van der Waals surface area (Å²) < 4.78 is 45.1. The van der Waals surface area contributed by atoms with Gasteiger partial charge in [-0.2, -0.15) is 18.2 Å². The van der Waals surface area contributed by atoms with Gasteiger partial charge in [0, 0.05) is 6.07 Å². The van der Waals surface area contributed by atoms with Gasteiger partial charge >= 0.3 is 10.1 Å². The van der Waals surface area contributed by atoms with Crippen molar-refractivity contribution in [3.05, 3.63) is 71.7 Å². The summed E-state index contributed by atoms with van der Waals surface area (Å²) >= 11 is 0. The number of halogens is 1. The minimum absolute atomic E-state index is 0.0564. The van der Waals surface area contributed by atoms with Crippen LogP contribution in [0.15, 0.2) is 59.5 Å². The van der Waals surface area contributed by atoms with Crippen LogP contribution in [0.1, 0.15) is 31.0 Å². The van der Waals surface area contributed by atoms with Gasteiger partial charge in [-0.1, -0.05) is 31.5 Å². The molecule has 7 heteroatoms. The van der Waals surface area contributed by atoms with E-state index in [0.29, 0.717) is 11.4 Å². The Balaban J connectivity index is 2.03. The van der Waals surface area contributed by atoms with Crippen molar-refractivity contribution in [2.75, 3.05) is 0 Å². The van der Waals surface area contributed by atoms with Crippen LogP contribution in [-0.2, 0) is 10.1 Å². The molecule has 0 atom stereocenters. The summed E-state index contributed by atoms with van der Waals surface area (Å²) in [7, 11) is -4.02. The molecule has 0 spiro atoms. The van der Waals surface area contributed by atoms with Gasteiger partial charge in [0.25, 0.3) is 0 Å². The van der Waals surface area contributed by atoms with E-state index < -0.39 is 10.1 Å². The largest absolute Gasteiger partial charge is 0.358 e. The van der Waals surface area contributed by atoms with E-state index in [0.717, 1.165) is 5.56 Å². The zero-order valence-corrected chi connectivity index (χ0v) is 15.5. The van der Waals surface area contributed by atoms with Gasteiger partial charge in [-0.3, -0.25) is 0 Å². The van der Waals surface area contributed by atoms with Crippen LogP contribution in [0.2, 0.25) is 0 Å². The van der Waals surface area contributed by atoms with Gasteiger partial charge in [0.05, 0.1) is 11.4 Å². The highest BCUT2D eigenvalue weighted by molar-refractivity contribution is 7.87. The van der Waals surface area contributed by atoms with Gasteiger partial charge in [0.15, 0.2) is 0 Å². The standard InChI is InChI=1S/C19H19FN2O3S/c1-13(2)18-12-19(22(21-18)16-8-6-15(20)7-9-16)25-26(23,24)17-10-4-14(3)5-11-17/h4-13H,1-3H3. The SMILES string of the molecule is Cc1ccc(S(=O)(=O)Oc2cc(C(C)C)nn2-c2ccc(F)cc2)cc1. The van der Waals surface area contributed by atoms with Crippen LogP contribution in [0.5, 0.6) is 5.88 Å². The average molecular weight is 374 g/mol. The lowest BCUT2D eigenvalue weighted by Crippen LogP contribution is -2.12. The lowest BCUT2D eigenvalue weighted by Gasteiger charge is -2.09. The number of hydrogen-bond acceptors (Lipinski definition) is 4. The highest BCUT2D eigenvalue weighted by Gasteiger charge is 2.22. The molecule has 1 heterocycles. The Bertz CT molecular complexity index is 1010. The summed E-state index contributed by atoms with van der Waals surface area (Å²) in [6.07, 6.45) is 0. The molecule has 0 radical (unpaired) electrons. The van der Waals surface area contributed by atoms with Crippen molar-refractivity contribution in [1.29, 1.82) is 0 Å². The first-order valence-electron chi connectivity index (χ1n) is 8.13. The molecule has 3 rings (SSSR count). The zero-order valence-electron chi connectivity index (χ0n) is 14.7. The van der Waals surface area contributed by atoms with Crippen molar-refractivity contribution in [3.8, 4) is 11.6 Å². The third-order valence-corrected chi connectivity index (χ3v) is 5.10. The fraction of sp³-hybridized carbons (Fsp3) is 0.211. The maximum Gasteiger partial charge on any atom is 0.340 e. The topological polar surface area (TPSA) is 61.2 Å². The Labute approximate surface area is 152 Å². The molecular formula is C19H19FN2O3S. The Morgan fingerprint density at radius 1 is 1.04 bits per heavy atom. The van der Waals surface area contributed by atoms with Gasteiger partial charge in [0.2, 0.25) is 5.88 Å². The second-order valence-corrected chi connectivity index (χ2v) is 7.85. The predicted molar refractivity (Wildman–Crippen MR) is 96.6 cm³/mol. The molecule has 136 valence electrons. The van der Waals surface area contributed by atoms with Gasteiger partial charge in [0.1, 0.15) is 10.7 Å². The lowest BCUT2D eigenvalue weighted by atomic mass is 10.1. The fourth-order valence-corrected chi connectivity index (χ4v) is 3.26. The summed E-state index contributed by atoms with van der Waals surface area (Å²) in [6, 6.07) is 13.6. The molecule has 1 aromatic heterocycles. The molecule has 0 aliphatic heterocycles. The van der Waals surface area contributed by atoms with Crippen molar-refractivity contribution in [2.24, 2.45) is 0 Å². The molecule has 26 heavy (non-hydrogen) atoms. The van der Waals surface area contributed by atoms with Crippen molar-refractivity contribution < 1.29 is 17.0 Å². The molecule has 2 aromatic carbocycles. The molecule has 0 amide bonds. The molecule has 5 nitrogen and oxygen atoms in total. The van der Waals surface area contributed by atoms with Gasteiger partial charge in [-0.05, 0) is 49.2 Å². The number of aryl methyl sites for hydroxylation is 1. The van der Waals surface area contributed by atoms with E-state index in [1.54, 1.807) is 18.2 Å². The highest BCUT2D eigenvalue weighted by atomic mass is 32.2. The number of hydrogen-bond donors (Lipinski definition) is 0. The van der Waals surface area contributed by atoms with E-state index in [1.165, 1.54) is 41.1 Å². The summed E-state index contributed by atoms with van der Waals surface area (Å²) in [5, 5.41) is 4.41. The Kier molecular flexibility index (Phi) is 4.82. The molecular weight excluding hydrogens is 355 g/mol. The van der Waals surface area contributed by atoms with Crippen LogP contribution in [-0.4, -0.2) is 18.2 Å². The molecule has 0 unspecified atom stereocenters. The van der Waals surface area contributed by atoms with Crippen molar-refractivity contribution in [1.82, 2.24) is 9.78 Å². The predicted octanol–water partition coefficient (Wildman–Crippen LogP) is 4.21. The van der Waals surface area contributed by atoms with Gasteiger partial charge in [-0.25, -0.2) is 4.39 Å². The van der Waals surface area contributed by atoms with Gasteiger partial charge in [-0.15, -0.1) is 0 Å². The highest BCUT2D eigenvalue weighted by Crippen LogP contribution is 2.27. The molecule has 0 saturated carbocycles. The Hall–Kier alpha value is -2.67. The Morgan fingerprint density at radius 2 is 1.65 bits per heavy atom. The minimum atomic E-state index is -4.02. The molecule has 0 bridgehead atoms. The van der Waals surface area contributed by atoms with Crippen LogP contribution < -0.4 is 4.18 Å². The lowest BCUT2D eigenvalue weighted by molar-refractivity contribution is 0.465. The maximum absolute atomic E-state index is 13.2. The number of benzene rings is 2. The van der Waals surface area contributed by atoms with Gasteiger partial charge < -0.3 is 4.18 Å². The fourth-order valence-electron chi connectivity index (χ4n) is 2.36. The molecule has 0 saturated heterocycles. The first-order chi connectivity index (χ1) is 12.3.